The monoisotopic (exact) mass is 208 g/mol. The second kappa shape index (κ2) is 7.47. The summed E-state index contributed by atoms with van der Waals surface area (Å²) < 4.78 is 23.6. The van der Waals surface area contributed by atoms with E-state index in [1.54, 1.807) is 0 Å². The van der Waals surface area contributed by atoms with Crippen LogP contribution in [-0.4, -0.2) is 22.1 Å². The maximum atomic E-state index is 13.4. The van der Waals surface area contributed by atoms with Crippen molar-refractivity contribution in [3.05, 3.63) is 0 Å². The Labute approximate surface area is 81.9 Å². The number of hydrogen-bond acceptors (Lipinski definition) is 2. The summed E-state index contributed by atoms with van der Waals surface area (Å²) in [6, 6.07) is 0. The molecule has 4 heteroatoms. The van der Waals surface area contributed by atoms with Gasteiger partial charge in [0.25, 0.3) is 0 Å². The normalized spacial score (nSPS) is 12.0. The zero-order valence-corrected chi connectivity index (χ0v) is 9.94. The van der Waals surface area contributed by atoms with Crippen molar-refractivity contribution in [2.24, 2.45) is 0 Å². The number of unbranched alkanes of at least 4 members (excludes halogenated alkanes) is 2. The second-order valence-electron chi connectivity index (χ2n) is 3.24. The van der Waals surface area contributed by atoms with E-state index in [1.165, 1.54) is 6.55 Å². The van der Waals surface area contributed by atoms with Gasteiger partial charge in [-0.25, -0.2) is 4.11 Å². The molecule has 0 spiro atoms. The Morgan fingerprint density at radius 3 is 1.69 bits per heavy atom. The molecule has 0 N–H and O–H groups in total. The molecule has 0 aliphatic heterocycles. The fourth-order valence-electron chi connectivity index (χ4n) is 0.839. The predicted octanol–water partition coefficient (Wildman–Crippen LogP) is 3.16. The fraction of sp³-hybridized carbons (Fsp3) is 1.00. The molecule has 0 aromatic carbocycles. The van der Waals surface area contributed by atoms with Gasteiger partial charge < -0.3 is 8.85 Å². The Hall–Kier alpha value is 0.0669. The zero-order chi connectivity index (χ0) is 10.2. The SMILES string of the molecule is CCCCO[Si](C)(F)OCCCC. The van der Waals surface area contributed by atoms with Crippen molar-refractivity contribution in [1.29, 1.82) is 0 Å². The molecule has 0 radical (unpaired) electrons. The Morgan fingerprint density at radius 2 is 1.38 bits per heavy atom. The fourth-order valence-corrected chi connectivity index (χ4v) is 1.94. The first-order valence-electron chi connectivity index (χ1n) is 5.09. The standard InChI is InChI=1S/C9H21FO2Si/c1-4-6-8-11-13(3,10)12-9-7-5-2/h4-9H2,1-3H3. The minimum atomic E-state index is -3.28. The molecule has 0 bridgehead atoms. The van der Waals surface area contributed by atoms with Crippen molar-refractivity contribution in [3.63, 3.8) is 0 Å². The van der Waals surface area contributed by atoms with Gasteiger partial charge in [0.15, 0.2) is 0 Å². The Balaban J connectivity index is 3.42. The lowest BCUT2D eigenvalue weighted by molar-refractivity contribution is 0.132. The van der Waals surface area contributed by atoms with E-state index in [2.05, 4.69) is 13.8 Å². The molecule has 0 atom stereocenters. The van der Waals surface area contributed by atoms with Crippen LogP contribution in [0.3, 0.4) is 0 Å². The summed E-state index contributed by atoms with van der Waals surface area (Å²) in [5.74, 6) is 0. The predicted molar refractivity (Wildman–Crippen MR) is 54.4 cm³/mol. The molecular formula is C9H21FO2Si. The minimum absolute atomic E-state index is 0.488. The highest BCUT2D eigenvalue weighted by Gasteiger charge is 2.32. The summed E-state index contributed by atoms with van der Waals surface area (Å²) in [7, 11) is -3.28. The van der Waals surface area contributed by atoms with E-state index in [9.17, 15) is 4.11 Å². The van der Waals surface area contributed by atoms with Crippen molar-refractivity contribution in [2.45, 2.75) is 46.1 Å². The summed E-state index contributed by atoms with van der Waals surface area (Å²) in [4.78, 5) is 0. The van der Waals surface area contributed by atoms with Crippen LogP contribution in [0.1, 0.15) is 39.5 Å². The molecule has 0 heterocycles. The van der Waals surface area contributed by atoms with Gasteiger partial charge in [-0.1, -0.05) is 26.7 Å². The van der Waals surface area contributed by atoms with E-state index in [0.717, 1.165) is 25.7 Å². The van der Waals surface area contributed by atoms with Crippen LogP contribution < -0.4 is 0 Å². The Kier molecular flexibility index (Phi) is 7.51. The van der Waals surface area contributed by atoms with Gasteiger partial charge >= 0.3 is 8.89 Å². The van der Waals surface area contributed by atoms with Crippen LogP contribution in [0.2, 0.25) is 6.55 Å². The molecular weight excluding hydrogens is 187 g/mol. The average molecular weight is 208 g/mol. The molecule has 0 unspecified atom stereocenters. The van der Waals surface area contributed by atoms with Crippen molar-refractivity contribution < 1.29 is 13.0 Å². The summed E-state index contributed by atoms with van der Waals surface area (Å²) in [5, 5.41) is 0. The number of halogens is 1. The molecule has 0 aliphatic carbocycles. The van der Waals surface area contributed by atoms with Crippen LogP contribution in [-0.2, 0) is 8.85 Å². The van der Waals surface area contributed by atoms with E-state index >= 15 is 0 Å². The zero-order valence-electron chi connectivity index (χ0n) is 8.94. The van der Waals surface area contributed by atoms with E-state index in [1.807, 2.05) is 0 Å². The molecule has 2 nitrogen and oxygen atoms in total. The topological polar surface area (TPSA) is 18.5 Å². The smallest absolute Gasteiger partial charge is 0.371 e. The van der Waals surface area contributed by atoms with Crippen molar-refractivity contribution >= 4 is 8.89 Å². The lowest BCUT2D eigenvalue weighted by Gasteiger charge is -2.17. The summed E-state index contributed by atoms with van der Waals surface area (Å²) >= 11 is 0. The highest BCUT2D eigenvalue weighted by Crippen LogP contribution is 2.10. The van der Waals surface area contributed by atoms with Gasteiger partial charge in [0.1, 0.15) is 0 Å². The first kappa shape index (κ1) is 13.1. The molecule has 0 saturated heterocycles. The average Bonchev–Trinajstić information content (AvgIpc) is 2.05. The molecule has 0 amide bonds. The summed E-state index contributed by atoms with van der Waals surface area (Å²) in [6.07, 6.45) is 3.87. The van der Waals surface area contributed by atoms with E-state index < -0.39 is 8.89 Å². The summed E-state index contributed by atoms with van der Waals surface area (Å²) in [5.41, 5.74) is 0. The molecule has 13 heavy (non-hydrogen) atoms. The number of hydrogen-bond donors (Lipinski definition) is 0. The first-order chi connectivity index (χ1) is 6.12. The first-order valence-corrected chi connectivity index (χ1v) is 7.28. The maximum absolute atomic E-state index is 13.4. The highest BCUT2D eigenvalue weighted by atomic mass is 28.4. The van der Waals surface area contributed by atoms with Crippen LogP contribution in [0.5, 0.6) is 0 Å². The van der Waals surface area contributed by atoms with Crippen LogP contribution in [0.4, 0.5) is 4.11 Å². The molecule has 0 aromatic heterocycles. The van der Waals surface area contributed by atoms with Gasteiger partial charge in [0.05, 0.1) is 0 Å². The van der Waals surface area contributed by atoms with Crippen LogP contribution in [0.15, 0.2) is 0 Å². The Bertz CT molecular complexity index is 108. The molecule has 0 fully saturated rings. The highest BCUT2D eigenvalue weighted by molar-refractivity contribution is 6.58. The Morgan fingerprint density at radius 1 is 1.00 bits per heavy atom. The van der Waals surface area contributed by atoms with Gasteiger partial charge in [-0.2, -0.15) is 0 Å². The second-order valence-corrected chi connectivity index (χ2v) is 5.49. The van der Waals surface area contributed by atoms with E-state index in [-0.39, 0.29) is 0 Å². The van der Waals surface area contributed by atoms with Gasteiger partial charge in [-0.15, -0.1) is 0 Å². The van der Waals surface area contributed by atoms with Crippen molar-refractivity contribution in [3.8, 4) is 0 Å². The number of rotatable bonds is 8. The largest absolute Gasteiger partial charge is 0.536 e. The van der Waals surface area contributed by atoms with Crippen molar-refractivity contribution in [2.75, 3.05) is 13.2 Å². The van der Waals surface area contributed by atoms with E-state index in [0.29, 0.717) is 13.2 Å². The maximum Gasteiger partial charge on any atom is 0.536 e. The van der Waals surface area contributed by atoms with Gasteiger partial charge in [0, 0.05) is 19.8 Å². The third-order valence-corrected chi connectivity index (χ3v) is 3.16. The van der Waals surface area contributed by atoms with Gasteiger partial charge in [0.2, 0.25) is 0 Å². The van der Waals surface area contributed by atoms with Crippen LogP contribution in [0.25, 0.3) is 0 Å². The molecule has 0 saturated carbocycles. The third kappa shape index (κ3) is 8.40. The third-order valence-electron chi connectivity index (χ3n) is 1.72. The van der Waals surface area contributed by atoms with Crippen LogP contribution >= 0.6 is 0 Å². The molecule has 0 aliphatic rings. The summed E-state index contributed by atoms with van der Waals surface area (Å²) in [6.45, 7) is 6.54. The lowest BCUT2D eigenvalue weighted by atomic mass is 10.4. The quantitative estimate of drug-likeness (QED) is 0.346. The van der Waals surface area contributed by atoms with Crippen LogP contribution in [0, 0.1) is 0 Å². The lowest BCUT2D eigenvalue weighted by Crippen LogP contribution is -2.34. The molecule has 0 aromatic rings. The minimum Gasteiger partial charge on any atom is -0.371 e. The van der Waals surface area contributed by atoms with Gasteiger partial charge in [-0.05, 0) is 12.8 Å². The molecule has 80 valence electrons. The van der Waals surface area contributed by atoms with Gasteiger partial charge in [-0.3, -0.25) is 0 Å². The van der Waals surface area contributed by atoms with Crippen molar-refractivity contribution in [1.82, 2.24) is 0 Å². The van der Waals surface area contributed by atoms with E-state index in [4.69, 9.17) is 8.85 Å². The molecule has 0 rings (SSSR count).